The van der Waals surface area contributed by atoms with Crippen molar-refractivity contribution in [1.29, 1.82) is 0 Å². The molecule has 0 heterocycles. The van der Waals surface area contributed by atoms with Gasteiger partial charge in [0.1, 0.15) is 6.61 Å². The summed E-state index contributed by atoms with van der Waals surface area (Å²) < 4.78 is 11.5. The number of hydrogen-bond donors (Lipinski definition) is 1. The Hall–Kier alpha value is -0.710. The van der Waals surface area contributed by atoms with Gasteiger partial charge in [-0.2, -0.15) is 0 Å². The first kappa shape index (κ1) is 13.4. The van der Waals surface area contributed by atoms with Crippen molar-refractivity contribution in [2.24, 2.45) is 5.73 Å². The number of methoxy groups -OCH3 is 1. The Bertz CT molecular complexity index is 396. The van der Waals surface area contributed by atoms with Gasteiger partial charge in [-0.15, -0.1) is 0 Å². The summed E-state index contributed by atoms with van der Waals surface area (Å²) in [7, 11) is 1.57. The lowest BCUT2D eigenvalue weighted by atomic mass is 10.2. The Morgan fingerprint density at radius 3 is 2.75 bits per heavy atom. The fourth-order valence-electron chi connectivity index (χ4n) is 1.18. The van der Waals surface area contributed by atoms with Crippen LogP contribution in [0.15, 0.2) is 28.2 Å². The first-order chi connectivity index (χ1) is 7.58. The quantitative estimate of drug-likeness (QED) is 0.909. The molecule has 0 bridgehead atoms. The van der Waals surface area contributed by atoms with E-state index in [0.717, 1.165) is 10.0 Å². The van der Waals surface area contributed by atoms with Crippen LogP contribution >= 0.6 is 27.5 Å². The molecule has 0 amide bonds. The van der Waals surface area contributed by atoms with Gasteiger partial charge < -0.3 is 15.2 Å². The Kier molecular flexibility index (Phi) is 5.12. The van der Waals surface area contributed by atoms with Gasteiger partial charge in [-0.05, 0) is 33.6 Å². The number of ether oxygens (including phenoxy) is 2. The van der Waals surface area contributed by atoms with Crippen molar-refractivity contribution < 1.29 is 9.47 Å². The van der Waals surface area contributed by atoms with Gasteiger partial charge in [-0.25, -0.2) is 0 Å². The standard InChI is InChI=1S/C11H13BrClNO2/c1-7(13)6-16-11-9(12)3-8(5-14)4-10(11)15-2/h3-4H,1,5-6,14H2,2H3. The monoisotopic (exact) mass is 305 g/mol. The lowest BCUT2D eigenvalue weighted by Crippen LogP contribution is -2.02. The van der Waals surface area contributed by atoms with E-state index < -0.39 is 0 Å². The van der Waals surface area contributed by atoms with E-state index in [1.165, 1.54) is 0 Å². The minimum absolute atomic E-state index is 0.235. The third kappa shape index (κ3) is 3.40. The van der Waals surface area contributed by atoms with E-state index in [1.807, 2.05) is 12.1 Å². The first-order valence-electron chi connectivity index (χ1n) is 4.61. The minimum Gasteiger partial charge on any atom is -0.493 e. The van der Waals surface area contributed by atoms with Crippen LogP contribution < -0.4 is 15.2 Å². The van der Waals surface area contributed by atoms with Gasteiger partial charge in [0.2, 0.25) is 0 Å². The predicted molar refractivity (Wildman–Crippen MR) is 69.1 cm³/mol. The van der Waals surface area contributed by atoms with Crippen molar-refractivity contribution in [3.05, 3.63) is 33.8 Å². The molecule has 1 aromatic rings. The molecule has 0 fully saturated rings. The lowest BCUT2D eigenvalue weighted by molar-refractivity contribution is 0.322. The summed E-state index contributed by atoms with van der Waals surface area (Å²) in [5, 5.41) is 0.428. The molecule has 5 heteroatoms. The van der Waals surface area contributed by atoms with E-state index in [0.29, 0.717) is 23.1 Å². The van der Waals surface area contributed by atoms with Crippen LogP contribution in [-0.2, 0) is 6.54 Å². The number of nitrogens with two attached hydrogens (primary N) is 1. The van der Waals surface area contributed by atoms with Crippen LogP contribution in [0.4, 0.5) is 0 Å². The van der Waals surface area contributed by atoms with Crippen molar-refractivity contribution in [2.45, 2.75) is 6.54 Å². The number of halogens is 2. The highest BCUT2D eigenvalue weighted by atomic mass is 79.9. The van der Waals surface area contributed by atoms with Crippen LogP contribution in [0.25, 0.3) is 0 Å². The highest BCUT2D eigenvalue weighted by Crippen LogP contribution is 2.36. The molecular formula is C11H13BrClNO2. The molecule has 1 aromatic carbocycles. The molecule has 0 aromatic heterocycles. The zero-order valence-corrected chi connectivity index (χ0v) is 11.3. The Balaban J connectivity index is 3.01. The molecule has 0 unspecified atom stereocenters. The second-order valence-corrected chi connectivity index (χ2v) is 4.51. The Morgan fingerprint density at radius 2 is 2.25 bits per heavy atom. The second-order valence-electron chi connectivity index (χ2n) is 3.12. The topological polar surface area (TPSA) is 44.5 Å². The number of hydrogen-bond acceptors (Lipinski definition) is 3. The van der Waals surface area contributed by atoms with Crippen molar-refractivity contribution in [1.82, 2.24) is 0 Å². The first-order valence-corrected chi connectivity index (χ1v) is 5.78. The third-order valence-electron chi connectivity index (χ3n) is 1.90. The van der Waals surface area contributed by atoms with Crippen LogP contribution in [0.1, 0.15) is 5.56 Å². The normalized spacial score (nSPS) is 10.0. The maximum atomic E-state index is 5.64. The molecule has 0 atom stereocenters. The fourth-order valence-corrected chi connectivity index (χ4v) is 1.84. The third-order valence-corrected chi connectivity index (χ3v) is 2.60. The fraction of sp³-hybridized carbons (Fsp3) is 0.273. The summed E-state index contributed by atoms with van der Waals surface area (Å²) >= 11 is 9.03. The van der Waals surface area contributed by atoms with Gasteiger partial charge in [-0.3, -0.25) is 0 Å². The Morgan fingerprint density at radius 1 is 1.56 bits per heavy atom. The summed E-state index contributed by atoms with van der Waals surface area (Å²) in [4.78, 5) is 0. The molecule has 0 aliphatic heterocycles. The van der Waals surface area contributed by atoms with E-state index in [4.69, 9.17) is 26.8 Å². The van der Waals surface area contributed by atoms with Crippen molar-refractivity contribution >= 4 is 27.5 Å². The lowest BCUT2D eigenvalue weighted by Gasteiger charge is -2.13. The molecule has 0 saturated carbocycles. The molecule has 0 radical (unpaired) electrons. The molecule has 0 spiro atoms. The smallest absolute Gasteiger partial charge is 0.175 e. The van der Waals surface area contributed by atoms with Crippen molar-refractivity contribution in [2.75, 3.05) is 13.7 Å². The van der Waals surface area contributed by atoms with Gasteiger partial charge in [0.25, 0.3) is 0 Å². The zero-order valence-electron chi connectivity index (χ0n) is 8.93. The highest BCUT2D eigenvalue weighted by molar-refractivity contribution is 9.10. The summed E-state index contributed by atoms with van der Waals surface area (Å²) in [5.74, 6) is 1.22. The average Bonchev–Trinajstić information content (AvgIpc) is 2.26. The average molecular weight is 307 g/mol. The second kappa shape index (κ2) is 6.13. The molecule has 0 saturated heterocycles. The maximum Gasteiger partial charge on any atom is 0.175 e. The van der Waals surface area contributed by atoms with Gasteiger partial charge in [0.15, 0.2) is 11.5 Å². The maximum absolute atomic E-state index is 5.64. The van der Waals surface area contributed by atoms with E-state index in [-0.39, 0.29) is 6.61 Å². The van der Waals surface area contributed by atoms with Crippen molar-refractivity contribution in [3.63, 3.8) is 0 Å². The molecule has 0 aliphatic rings. The van der Waals surface area contributed by atoms with Crippen LogP contribution in [0, 0.1) is 0 Å². The van der Waals surface area contributed by atoms with Gasteiger partial charge in [-0.1, -0.05) is 18.2 Å². The van der Waals surface area contributed by atoms with E-state index in [2.05, 4.69) is 22.5 Å². The van der Waals surface area contributed by atoms with Gasteiger partial charge in [0.05, 0.1) is 11.6 Å². The summed E-state index contributed by atoms with van der Waals surface area (Å²) in [5.41, 5.74) is 6.52. The minimum atomic E-state index is 0.235. The number of benzene rings is 1. The van der Waals surface area contributed by atoms with E-state index in [9.17, 15) is 0 Å². The van der Waals surface area contributed by atoms with Gasteiger partial charge in [0, 0.05) is 11.6 Å². The number of rotatable bonds is 5. The van der Waals surface area contributed by atoms with E-state index in [1.54, 1.807) is 7.11 Å². The Labute approximate surface area is 108 Å². The van der Waals surface area contributed by atoms with Gasteiger partial charge >= 0.3 is 0 Å². The van der Waals surface area contributed by atoms with Crippen LogP contribution in [-0.4, -0.2) is 13.7 Å². The highest BCUT2D eigenvalue weighted by Gasteiger charge is 2.11. The molecule has 3 nitrogen and oxygen atoms in total. The molecule has 2 N–H and O–H groups in total. The van der Waals surface area contributed by atoms with Crippen LogP contribution in [0.2, 0.25) is 0 Å². The van der Waals surface area contributed by atoms with Crippen LogP contribution in [0.5, 0.6) is 11.5 Å². The molecule has 16 heavy (non-hydrogen) atoms. The van der Waals surface area contributed by atoms with Crippen LogP contribution in [0.3, 0.4) is 0 Å². The molecule has 1 rings (SSSR count). The molecular weight excluding hydrogens is 293 g/mol. The zero-order chi connectivity index (χ0) is 12.1. The molecule has 88 valence electrons. The summed E-state index contributed by atoms with van der Waals surface area (Å²) in [6, 6.07) is 3.71. The summed E-state index contributed by atoms with van der Waals surface area (Å²) in [6.45, 7) is 4.23. The molecule has 0 aliphatic carbocycles. The SMILES string of the molecule is C=C(Cl)COc1c(Br)cc(CN)cc1OC. The predicted octanol–water partition coefficient (Wildman–Crippen LogP) is 3.05. The largest absolute Gasteiger partial charge is 0.493 e. The summed E-state index contributed by atoms with van der Waals surface area (Å²) in [6.07, 6.45) is 0. The van der Waals surface area contributed by atoms with E-state index >= 15 is 0 Å². The van der Waals surface area contributed by atoms with Crippen molar-refractivity contribution in [3.8, 4) is 11.5 Å².